The van der Waals surface area contributed by atoms with Crippen LogP contribution in [0.5, 0.6) is 11.5 Å². The minimum absolute atomic E-state index is 0.131. The highest BCUT2D eigenvalue weighted by Crippen LogP contribution is 2.29. The lowest BCUT2D eigenvalue weighted by atomic mass is 10.2. The van der Waals surface area contributed by atoms with Gasteiger partial charge in [0.25, 0.3) is 5.91 Å². The molecule has 0 saturated carbocycles. The molecule has 0 aromatic heterocycles. The van der Waals surface area contributed by atoms with E-state index in [1.54, 1.807) is 12.1 Å². The second-order valence-electron chi connectivity index (χ2n) is 6.73. The van der Waals surface area contributed by atoms with E-state index in [-0.39, 0.29) is 12.5 Å². The molecule has 0 aliphatic carbocycles. The Morgan fingerprint density at radius 2 is 1.77 bits per heavy atom. The summed E-state index contributed by atoms with van der Waals surface area (Å²) in [6.07, 6.45) is 0. The Labute approximate surface area is 182 Å². The van der Waals surface area contributed by atoms with Gasteiger partial charge in [-0.05, 0) is 61.4 Å². The van der Waals surface area contributed by atoms with E-state index in [0.29, 0.717) is 35.4 Å². The lowest BCUT2D eigenvalue weighted by molar-refractivity contribution is -0.118. The zero-order valence-electron chi connectivity index (χ0n) is 17.1. The van der Waals surface area contributed by atoms with Crippen LogP contribution in [-0.4, -0.2) is 19.1 Å². The van der Waals surface area contributed by atoms with Crippen LogP contribution in [0.3, 0.4) is 0 Å². The SMILES string of the molecule is CCOc1cc(CNc2ccccc2)ccc1OCC(=O)Nc1cc(Cl)ccc1C. The number of carbonyl (C=O) groups is 1. The van der Waals surface area contributed by atoms with Crippen LogP contribution in [0, 0.1) is 6.92 Å². The van der Waals surface area contributed by atoms with Crippen molar-refractivity contribution in [3.63, 3.8) is 0 Å². The minimum Gasteiger partial charge on any atom is -0.490 e. The van der Waals surface area contributed by atoms with Crippen molar-refractivity contribution in [1.29, 1.82) is 0 Å². The van der Waals surface area contributed by atoms with Gasteiger partial charge in [0, 0.05) is 22.9 Å². The first-order valence-corrected chi connectivity index (χ1v) is 10.2. The number of aryl methyl sites for hydroxylation is 1. The summed E-state index contributed by atoms with van der Waals surface area (Å²) in [7, 11) is 0. The van der Waals surface area contributed by atoms with E-state index in [9.17, 15) is 4.79 Å². The lowest BCUT2D eigenvalue weighted by Gasteiger charge is -2.14. The molecule has 0 saturated heterocycles. The average molecular weight is 425 g/mol. The van der Waals surface area contributed by atoms with E-state index in [1.165, 1.54) is 0 Å². The Balaban J connectivity index is 1.61. The molecule has 0 unspecified atom stereocenters. The normalized spacial score (nSPS) is 10.4. The van der Waals surface area contributed by atoms with E-state index >= 15 is 0 Å². The van der Waals surface area contributed by atoms with Crippen LogP contribution in [0.4, 0.5) is 11.4 Å². The average Bonchev–Trinajstić information content (AvgIpc) is 2.75. The molecule has 156 valence electrons. The Morgan fingerprint density at radius 1 is 0.967 bits per heavy atom. The number of hydrogen-bond donors (Lipinski definition) is 2. The molecular formula is C24H25ClN2O3. The predicted molar refractivity (Wildman–Crippen MR) is 122 cm³/mol. The number of anilines is 2. The van der Waals surface area contributed by atoms with Gasteiger partial charge in [0.05, 0.1) is 6.61 Å². The molecule has 2 N–H and O–H groups in total. The fourth-order valence-corrected chi connectivity index (χ4v) is 3.04. The van der Waals surface area contributed by atoms with Gasteiger partial charge in [0.15, 0.2) is 18.1 Å². The van der Waals surface area contributed by atoms with Crippen LogP contribution in [-0.2, 0) is 11.3 Å². The molecule has 0 spiro atoms. The van der Waals surface area contributed by atoms with Gasteiger partial charge in [0.2, 0.25) is 0 Å². The molecular weight excluding hydrogens is 400 g/mol. The summed E-state index contributed by atoms with van der Waals surface area (Å²) in [6.45, 7) is 4.84. The number of ether oxygens (including phenoxy) is 2. The van der Waals surface area contributed by atoms with Gasteiger partial charge in [-0.3, -0.25) is 4.79 Å². The molecule has 1 amide bonds. The van der Waals surface area contributed by atoms with E-state index in [1.807, 2.05) is 68.4 Å². The number of benzene rings is 3. The van der Waals surface area contributed by atoms with Gasteiger partial charge in [-0.2, -0.15) is 0 Å². The highest BCUT2D eigenvalue weighted by atomic mass is 35.5. The quantitative estimate of drug-likeness (QED) is 0.464. The fraction of sp³-hybridized carbons (Fsp3) is 0.208. The summed E-state index contributed by atoms with van der Waals surface area (Å²) in [5, 5.41) is 6.75. The number of carbonyl (C=O) groups excluding carboxylic acids is 1. The first-order valence-electron chi connectivity index (χ1n) is 9.78. The predicted octanol–water partition coefficient (Wildman–Crippen LogP) is 5.68. The van der Waals surface area contributed by atoms with Crippen molar-refractivity contribution in [3.05, 3.63) is 82.9 Å². The minimum atomic E-state index is -0.266. The third-order valence-corrected chi connectivity index (χ3v) is 4.65. The maximum atomic E-state index is 12.3. The van der Waals surface area contributed by atoms with Crippen molar-refractivity contribution < 1.29 is 14.3 Å². The summed E-state index contributed by atoms with van der Waals surface area (Å²) in [4.78, 5) is 12.3. The summed E-state index contributed by atoms with van der Waals surface area (Å²) >= 11 is 6.00. The van der Waals surface area contributed by atoms with Crippen molar-refractivity contribution in [3.8, 4) is 11.5 Å². The van der Waals surface area contributed by atoms with Gasteiger partial charge in [-0.1, -0.05) is 41.9 Å². The Bertz CT molecular complexity index is 993. The number of halogens is 1. The third-order valence-electron chi connectivity index (χ3n) is 4.41. The molecule has 30 heavy (non-hydrogen) atoms. The van der Waals surface area contributed by atoms with Crippen molar-refractivity contribution in [2.24, 2.45) is 0 Å². The maximum Gasteiger partial charge on any atom is 0.262 e. The zero-order valence-corrected chi connectivity index (χ0v) is 17.8. The lowest BCUT2D eigenvalue weighted by Crippen LogP contribution is -2.21. The summed E-state index contributed by atoms with van der Waals surface area (Å²) < 4.78 is 11.4. The number of amides is 1. The highest BCUT2D eigenvalue weighted by molar-refractivity contribution is 6.31. The van der Waals surface area contributed by atoms with Gasteiger partial charge < -0.3 is 20.1 Å². The van der Waals surface area contributed by atoms with E-state index in [2.05, 4.69) is 10.6 Å². The van der Waals surface area contributed by atoms with Gasteiger partial charge in [-0.25, -0.2) is 0 Å². The second kappa shape index (κ2) is 10.6. The topological polar surface area (TPSA) is 59.6 Å². The van der Waals surface area contributed by atoms with E-state index in [0.717, 1.165) is 16.8 Å². The second-order valence-corrected chi connectivity index (χ2v) is 7.17. The molecule has 0 aliphatic heterocycles. The summed E-state index contributed by atoms with van der Waals surface area (Å²) in [5.41, 5.74) is 3.69. The van der Waals surface area contributed by atoms with Crippen LogP contribution in [0.25, 0.3) is 0 Å². The molecule has 0 fully saturated rings. The molecule has 0 aliphatic rings. The monoisotopic (exact) mass is 424 g/mol. The van der Waals surface area contributed by atoms with Gasteiger partial charge >= 0.3 is 0 Å². The van der Waals surface area contributed by atoms with Crippen molar-refractivity contribution in [1.82, 2.24) is 0 Å². The third kappa shape index (κ3) is 6.16. The van der Waals surface area contributed by atoms with Crippen LogP contribution in [0.2, 0.25) is 5.02 Å². The van der Waals surface area contributed by atoms with Crippen LogP contribution >= 0.6 is 11.6 Å². The molecule has 0 atom stereocenters. The van der Waals surface area contributed by atoms with Crippen LogP contribution < -0.4 is 20.1 Å². The first-order chi connectivity index (χ1) is 14.5. The molecule has 3 aromatic rings. The Morgan fingerprint density at radius 3 is 2.53 bits per heavy atom. The number of nitrogens with one attached hydrogen (secondary N) is 2. The van der Waals surface area contributed by atoms with Crippen LogP contribution in [0.1, 0.15) is 18.1 Å². The molecule has 0 heterocycles. The van der Waals surface area contributed by atoms with Crippen molar-refractivity contribution in [2.45, 2.75) is 20.4 Å². The van der Waals surface area contributed by atoms with E-state index < -0.39 is 0 Å². The molecule has 5 nitrogen and oxygen atoms in total. The Kier molecular flexibility index (Phi) is 7.57. The largest absolute Gasteiger partial charge is 0.490 e. The van der Waals surface area contributed by atoms with Crippen LogP contribution in [0.15, 0.2) is 66.7 Å². The van der Waals surface area contributed by atoms with Crippen molar-refractivity contribution >= 4 is 28.9 Å². The maximum absolute atomic E-state index is 12.3. The molecule has 0 bridgehead atoms. The molecule has 0 radical (unpaired) electrons. The fourth-order valence-electron chi connectivity index (χ4n) is 2.87. The molecule has 3 rings (SSSR count). The summed E-state index contributed by atoms with van der Waals surface area (Å²) in [5.74, 6) is 0.868. The summed E-state index contributed by atoms with van der Waals surface area (Å²) in [6, 6.07) is 21.0. The van der Waals surface area contributed by atoms with E-state index in [4.69, 9.17) is 21.1 Å². The smallest absolute Gasteiger partial charge is 0.262 e. The number of hydrogen-bond acceptors (Lipinski definition) is 4. The van der Waals surface area contributed by atoms with Crippen molar-refractivity contribution in [2.75, 3.05) is 23.8 Å². The van der Waals surface area contributed by atoms with Gasteiger partial charge in [-0.15, -0.1) is 0 Å². The number of para-hydroxylation sites is 1. The standard InChI is InChI=1S/C24H25ClN2O3/c1-3-29-23-13-18(15-26-20-7-5-4-6-8-20)10-12-22(23)30-16-24(28)27-21-14-19(25)11-9-17(21)2/h4-14,26H,3,15-16H2,1-2H3,(H,27,28). The molecule has 6 heteroatoms. The number of rotatable bonds is 9. The van der Waals surface area contributed by atoms with Gasteiger partial charge in [0.1, 0.15) is 0 Å². The molecule has 3 aromatic carbocycles. The first kappa shape index (κ1) is 21.5. The highest BCUT2D eigenvalue weighted by Gasteiger charge is 2.11. The zero-order chi connectivity index (χ0) is 21.3. The Hall–Kier alpha value is -3.18.